The van der Waals surface area contributed by atoms with Crippen molar-refractivity contribution in [3.05, 3.63) is 0 Å². The van der Waals surface area contributed by atoms with Crippen LogP contribution in [0.1, 0.15) is 46.0 Å². The predicted molar refractivity (Wildman–Crippen MR) is 71.3 cm³/mol. The first-order chi connectivity index (χ1) is 8.53. The summed E-state index contributed by atoms with van der Waals surface area (Å²) < 4.78 is 0. The van der Waals surface area contributed by atoms with E-state index >= 15 is 0 Å². The van der Waals surface area contributed by atoms with Gasteiger partial charge in [0.1, 0.15) is 0 Å². The van der Waals surface area contributed by atoms with E-state index in [0.29, 0.717) is 5.41 Å². The van der Waals surface area contributed by atoms with Gasteiger partial charge in [-0.3, -0.25) is 10.1 Å². The van der Waals surface area contributed by atoms with E-state index in [2.05, 4.69) is 22.9 Å². The summed E-state index contributed by atoms with van der Waals surface area (Å²) in [6, 6.07) is -0.800. The molecule has 1 unspecified atom stereocenters. The molecular formula is C13H25N3O2. The van der Waals surface area contributed by atoms with Crippen LogP contribution >= 0.6 is 0 Å². The lowest BCUT2D eigenvalue weighted by molar-refractivity contribution is -0.121. The lowest BCUT2D eigenvalue weighted by atomic mass is 9.83. The van der Waals surface area contributed by atoms with Gasteiger partial charge in [0, 0.05) is 13.6 Å². The number of nitrogens with one attached hydrogen (secondary N) is 3. The van der Waals surface area contributed by atoms with Crippen molar-refractivity contribution >= 4 is 11.9 Å². The summed E-state index contributed by atoms with van der Waals surface area (Å²) in [5.74, 6) is -0.279. The normalized spacial score (nSPS) is 19.3. The van der Waals surface area contributed by atoms with Crippen molar-refractivity contribution < 1.29 is 9.59 Å². The molecule has 0 saturated heterocycles. The molecule has 0 heterocycles. The maximum atomic E-state index is 11.7. The van der Waals surface area contributed by atoms with Gasteiger partial charge in [-0.2, -0.15) is 0 Å². The minimum absolute atomic E-state index is 0.279. The van der Waals surface area contributed by atoms with E-state index in [1.807, 2.05) is 0 Å². The first-order valence-electron chi connectivity index (χ1n) is 6.79. The van der Waals surface area contributed by atoms with E-state index in [9.17, 15) is 9.59 Å². The molecule has 5 nitrogen and oxygen atoms in total. The number of urea groups is 1. The highest BCUT2D eigenvalue weighted by Crippen LogP contribution is 2.40. The van der Waals surface area contributed by atoms with Gasteiger partial charge in [-0.05, 0) is 31.6 Å². The van der Waals surface area contributed by atoms with Crippen molar-refractivity contribution in [2.24, 2.45) is 5.41 Å². The quantitative estimate of drug-likeness (QED) is 0.695. The standard InChI is InChI=1S/C13H25N3O2/c1-4-13(7-5-6-8-13)9-15-10(2)11(17)16-12(18)14-3/h10,15H,4-9H2,1-3H3,(H2,14,16,17,18). The Balaban J connectivity index is 2.37. The van der Waals surface area contributed by atoms with Crippen LogP contribution in [0.5, 0.6) is 0 Å². The van der Waals surface area contributed by atoms with Gasteiger partial charge in [-0.1, -0.05) is 19.8 Å². The molecule has 104 valence electrons. The second-order valence-corrected chi connectivity index (χ2v) is 5.23. The summed E-state index contributed by atoms with van der Waals surface area (Å²) in [6.07, 6.45) is 6.19. The van der Waals surface area contributed by atoms with Crippen LogP contribution in [-0.2, 0) is 4.79 Å². The SMILES string of the molecule is CCC1(CNC(C)C(=O)NC(=O)NC)CCCC1. The Morgan fingerprint density at radius 3 is 2.39 bits per heavy atom. The van der Waals surface area contributed by atoms with E-state index in [4.69, 9.17) is 0 Å². The monoisotopic (exact) mass is 255 g/mol. The number of amides is 3. The zero-order valence-electron chi connectivity index (χ0n) is 11.6. The summed E-state index contributed by atoms with van der Waals surface area (Å²) in [4.78, 5) is 22.7. The molecule has 1 rings (SSSR count). The second kappa shape index (κ2) is 6.73. The molecule has 0 aliphatic heterocycles. The first kappa shape index (κ1) is 15.0. The van der Waals surface area contributed by atoms with Crippen LogP contribution in [0, 0.1) is 5.41 Å². The minimum atomic E-state index is -0.459. The Bertz CT molecular complexity index is 299. The molecule has 0 aromatic heterocycles. The number of hydrogen-bond donors (Lipinski definition) is 3. The lowest BCUT2D eigenvalue weighted by Crippen LogP contribution is -2.49. The van der Waals surface area contributed by atoms with Crippen LogP contribution < -0.4 is 16.0 Å². The Hall–Kier alpha value is -1.10. The fraction of sp³-hybridized carbons (Fsp3) is 0.846. The summed E-state index contributed by atoms with van der Waals surface area (Å²) in [5.41, 5.74) is 0.349. The molecule has 3 amide bonds. The molecule has 1 atom stereocenters. The van der Waals surface area contributed by atoms with Gasteiger partial charge in [0.05, 0.1) is 6.04 Å². The molecule has 1 fully saturated rings. The maximum Gasteiger partial charge on any atom is 0.321 e. The van der Waals surface area contributed by atoms with Crippen molar-refractivity contribution in [2.45, 2.75) is 52.0 Å². The first-order valence-corrected chi connectivity index (χ1v) is 6.79. The third kappa shape index (κ3) is 3.98. The molecule has 0 bridgehead atoms. The molecule has 5 heteroatoms. The number of imide groups is 1. The number of rotatable bonds is 5. The minimum Gasteiger partial charge on any atom is -0.341 e. The van der Waals surface area contributed by atoms with Crippen molar-refractivity contribution in [3.63, 3.8) is 0 Å². The number of carbonyl (C=O) groups is 2. The molecule has 1 aliphatic rings. The van der Waals surface area contributed by atoms with Gasteiger partial charge in [-0.15, -0.1) is 0 Å². The second-order valence-electron chi connectivity index (χ2n) is 5.23. The summed E-state index contributed by atoms with van der Waals surface area (Å²) >= 11 is 0. The fourth-order valence-corrected chi connectivity index (χ4v) is 2.53. The van der Waals surface area contributed by atoms with E-state index in [1.165, 1.54) is 32.7 Å². The third-order valence-corrected chi connectivity index (χ3v) is 4.05. The number of carbonyl (C=O) groups excluding carboxylic acids is 2. The molecule has 3 N–H and O–H groups in total. The van der Waals surface area contributed by atoms with Gasteiger partial charge in [0.2, 0.25) is 5.91 Å². The van der Waals surface area contributed by atoms with Gasteiger partial charge in [-0.25, -0.2) is 4.79 Å². The van der Waals surface area contributed by atoms with Gasteiger partial charge in [0.25, 0.3) is 0 Å². The van der Waals surface area contributed by atoms with E-state index in [1.54, 1.807) is 6.92 Å². The summed E-state index contributed by atoms with van der Waals surface area (Å²) in [5, 5.41) is 7.91. The van der Waals surface area contributed by atoms with Gasteiger partial charge in [0.15, 0.2) is 0 Å². The molecule has 0 spiro atoms. The maximum absolute atomic E-state index is 11.7. The molecule has 1 aliphatic carbocycles. The van der Waals surface area contributed by atoms with Crippen LogP contribution in [0.4, 0.5) is 4.79 Å². The smallest absolute Gasteiger partial charge is 0.321 e. The topological polar surface area (TPSA) is 70.2 Å². The zero-order valence-corrected chi connectivity index (χ0v) is 11.6. The Kier molecular flexibility index (Phi) is 5.59. The Morgan fingerprint density at radius 1 is 1.28 bits per heavy atom. The van der Waals surface area contributed by atoms with E-state index in [0.717, 1.165) is 13.0 Å². The fourth-order valence-electron chi connectivity index (χ4n) is 2.53. The summed E-state index contributed by atoms with van der Waals surface area (Å²) in [7, 11) is 1.49. The molecule has 18 heavy (non-hydrogen) atoms. The molecular weight excluding hydrogens is 230 g/mol. The van der Waals surface area contributed by atoms with Crippen molar-refractivity contribution in [1.82, 2.24) is 16.0 Å². The molecule has 1 saturated carbocycles. The molecule has 0 aromatic rings. The van der Waals surface area contributed by atoms with E-state index < -0.39 is 6.03 Å². The Labute approximate surface area is 109 Å². The van der Waals surface area contributed by atoms with Crippen molar-refractivity contribution in [1.29, 1.82) is 0 Å². The molecule has 0 radical (unpaired) electrons. The van der Waals surface area contributed by atoms with Gasteiger partial charge >= 0.3 is 6.03 Å². The van der Waals surface area contributed by atoms with Crippen LogP contribution in [0.25, 0.3) is 0 Å². The highest BCUT2D eigenvalue weighted by molar-refractivity contribution is 5.96. The number of hydrogen-bond acceptors (Lipinski definition) is 3. The van der Waals surface area contributed by atoms with E-state index in [-0.39, 0.29) is 11.9 Å². The molecule has 0 aromatic carbocycles. The van der Waals surface area contributed by atoms with Crippen LogP contribution in [0.3, 0.4) is 0 Å². The van der Waals surface area contributed by atoms with Crippen molar-refractivity contribution in [2.75, 3.05) is 13.6 Å². The van der Waals surface area contributed by atoms with Crippen molar-refractivity contribution in [3.8, 4) is 0 Å². The van der Waals surface area contributed by atoms with Crippen LogP contribution in [-0.4, -0.2) is 31.6 Å². The largest absolute Gasteiger partial charge is 0.341 e. The van der Waals surface area contributed by atoms with Crippen LogP contribution in [0.15, 0.2) is 0 Å². The van der Waals surface area contributed by atoms with Gasteiger partial charge < -0.3 is 10.6 Å². The average Bonchev–Trinajstić information content (AvgIpc) is 2.85. The lowest BCUT2D eigenvalue weighted by Gasteiger charge is -2.29. The Morgan fingerprint density at radius 2 is 1.89 bits per heavy atom. The average molecular weight is 255 g/mol. The highest BCUT2D eigenvalue weighted by Gasteiger charge is 2.32. The highest BCUT2D eigenvalue weighted by atomic mass is 16.2. The predicted octanol–water partition coefficient (Wildman–Crippen LogP) is 1.39. The van der Waals surface area contributed by atoms with Crippen LogP contribution in [0.2, 0.25) is 0 Å². The summed E-state index contributed by atoms with van der Waals surface area (Å²) in [6.45, 7) is 4.85. The zero-order chi connectivity index (χ0) is 13.6. The third-order valence-electron chi connectivity index (χ3n) is 4.05.